The molecule has 120 valence electrons. The summed E-state index contributed by atoms with van der Waals surface area (Å²) in [7, 11) is 0. The van der Waals surface area contributed by atoms with E-state index in [0.29, 0.717) is 23.4 Å². The fourth-order valence-electron chi connectivity index (χ4n) is 2.77. The number of para-hydroxylation sites is 1. The molecule has 1 aromatic carbocycles. The first-order valence-corrected chi connectivity index (χ1v) is 8.07. The van der Waals surface area contributed by atoms with E-state index in [1.54, 1.807) is 6.20 Å². The van der Waals surface area contributed by atoms with E-state index in [1.807, 2.05) is 23.6 Å². The number of hydrogen-bond donors (Lipinski definition) is 3. The number of benzene rings is 1. The lowest BCUT2D eigenvalue weighted by Gasteiger charge is -2.06. The van der Waals surface area contributed by atoms with Gasteiger partial charge in [-0.1, -0.05) is 25.1 Å². The van der Waals surface area contributed by atoms with Gasteiger partial charge in [0.05, 0.1) is 12.1 Å². The Kier molecular flexibility index (Phi) is 4.29. The molecule has 0 bridgehead atoms. The molecular weight excluding hydrogens is 310 g/mol. The molecule has 0 aliphatic carbocycles. The third-order valence-corrected chi connectivity index (χ3v) is 4.30. The van der Waals surface area contributed by atoms with Crippen molar-refractivity contribution in [2.75, 3.05) is 0 Å². The molecule has 0 fully saturated rings. The van der Waals surface area contributed by atoms with Crippen LogP contribution in [-0.4, -0.2) is 25.7 Å². The van der Waals surface area contributed by atoms with Crippen LogP contribution in [0.1, 0.15) is 35.6 Å². The van der Waals surface area contributed by atoms with Crippen LogP contribution in [0.2, 0.25) is 0 Å². The fraction of sp³-hybridized carbons (Fsp3) is 0.312. The molecule has 0 spiro atoms. The van der Waals surface area contributed by atoms with Gasteiger partial charge in [-0.25, -0.2) is 0 Å². The normalized spacial score (nSPS) is 11.0. The van der Waals surface area contributed by atoms with E-state index in [1.165, 1.54) is 5.56 Å². The summed E-state index contributed by atoms with van der Waals surface area (Å²) in [5.74, 6) is 0.598. The Labute approximate surface area is 138 Å². The Morgan fingerprint density at radius 1 is 1.39 bits per heavy atom. The van der Waals surface area contributed by atoms with Crippen LogP contribution in [0.3, 0.4) is 0 Å². The first-order valence-electron chi connectivity index (χ1n) is 7.67. The molecule has 6 nitrogen and oxygen atoms in total. The maximum Gasteiger partial charge on any atom is 0.253 e. The number of nitrogens with zero attached hydrogens (tertiary/aromatic N) is 2. The molecule has 0 radical (unpaired) electrons. The van der Waals surface area contributed by atoms with E-state index in [9.17, 15) is 4.79 Å². The second-order valence-corrected chi connectivity index (χ2v) is 5.65. The Bertz CT molecular complexity index is 905. The van der Waals surface area contributed by atoms with E-state index >= 15 is 0 Å². The number of rotatable bonds is 5. The van der Waals surface area contributed by atoms with E-state index in [-0.39, 0.29) is 5.91 Å². The molecule has 0 aliphatic rings. The predicted molar refractivity (Wildman–Crippen MR) is 91.9 cm³/mol. The smallest absolute Gasteiger partial charge is 0.253 e. The SMILES string of the molecule is CCc1cccc2c(C(=O)NCc3n[nH]c(=S)n3CC)c[nH]c12. The summed E-state index contributed by atoms with van der Waals surface area (Å²) in [5.41, 5.74) is 2.87. The third-order valence-electron chi connectivity index (χ3n) is 3.99. The molecule has 3 aromatic rings. The number of fused-ring (bicyclic) bond motifs is 1. The Balaban J connectivity index is 1.82. The summed E-state index contributed by atoms with van der Waals surface area (Å²) in [5, 5.41) is 10.8. The van der Waals surface area contributed by atoms with Gasteiger partial charge in [-0.2, -0.15) is 5.10 Å². The Hall–Kier alpha value is -2.41. The van der Waals surface area contributed by atoms with Crippen molar-refractivity contribution in [2.24, 2.45) is 0 Å². The minimum absolute atomic E-state index is 0.124. The molecule has 0 saturated carbocycles. The number of carbonyl (C=O) groups excluding carboxylic acids is 1. The van der Waals surface area contributed by atoms with Gasteiger partial charge in [-0.3, -0.25) is 9.89 Å². The molecule has 0 saturated heterocycles. The minimum atomic E-state index is -0.124. The van der Waals surface area contributed by atoms with Gasteiger partial charge in [0.1, 0.15) is 0 Å². The lowest BCUT2D eigenvalue weighted by Crippen LogP contribution is -2.24. The summed E-state index contributed by atoms with van der Waals surface area (Å²) in [6.07, 6.45) is 2.68. The van der Waals surface area contributed by atoms with Gasteiger partial charge in [-0.15, -0.1) is 0 Å². The Morgan fingerprint density at radius 2 is 2.22 bits per heavy atom. The maximum atomic E-state index is 12.5. The molecule has 1 amide bonds. The fourth-order valence-corrected chi connectivity index (χ4v) is 3.05. The van der Waals surface area contributed by atoms with Crippen LogP contribution in [-0.2, 0) is 19.5 Å². The number of carbonyl (C=O) groups is 1. The zero-order valence-electron chi connectivity index (χ0n) is 13.1. The van der Waals surface area contributed by atoms with E-state index < -0.39 is 0 Å². The Morgan fingerprint density at radius 3 is 2.96 bits per heavy atom. The highest BCUT2D eigenvalue weighted by Gasteiger charge is 2.14. The van der Waals surface area contributed by atoms with Gasteiger partial charge in [0.15, 0.2) is 10.6 Å². The molecule has 0 unspecified atom stereocenters. The summed E-state index contributed by atoms with van der Waals surface area (Å²) < 4.78 is 2.43. The van der Waals surface area contributed by atoms with Crippen LogP contribution in [0.25, 0.3) is 10.9 Å². The van der Waals surface area contributed by atoms with E-state index in [0.717, 1.165) is 23.1 Å². The van der Waals surface area contributed by atoms with Crippen molar-refractivity contribution >= 4 is 29.0 Å². The zero-order valence-corrected chi connectivity index (χ0v) is 14.0. The molecule has 23 heavy (non-hydrogen) atoms. The van der Waals surface area contributed by atoms with Crippen molar-refractivity contribution in [3.05, 3.63) is 46.1 Å². The van der Waals surface area contributed by atoms with Crippen molar-refractivity contribution in [1.29, 1.82) is 0 Å². The second-order valence-electron chi connectivity index (χ2n) is 5.27. The number of amides is 1. The third kappa shape index (κ3) is 2.79. The molecule has 0 atom stereocenters. The monoisotopic (exact) mass is 329 g/mol. The van der Waals surface area contributed by atoms with E-state index in [2.05, 4.69) is 33.5 Å². The van der Waals surface area contributed by atoms with Crippen LogP contribution in [0, 0.1) is 4.77 Å². The van der Waals surface area contributed by atoms with Gasteiger partial charge >= 0.3 is 0 Å². The van der Waals surface area contributed by atoms with Gasteiger partial charge in [0.2, 0.25) is 0 Å². The van der Waals surface area contributed by atoms with Crippen molar-refractivity contribution < 1.29 is 4.79 Å². The minimum Gasteiger partial charge on any atom is -0.360 e. The summed E-state index contributed by atoms with van der Waals surface area (Å²) >= 11 is 5.15. The van der Waals surface area contributed by atoms with Gasteiger partial charge in [0.25, 0.3) is 5.91 Å². The van der Waals surface area contributed by atoms with Crippen molar-refractivity contribution in [1.82, 2.24) is 25.1 Å². The summed E-state index contributed by atoms with van der Waals surface area (Å²) in [6, 6.07) is 6.01. The highest BCUT2D eigenvalue weighted by atomic mass is 32.1. The van der Waals surface area contributed by atoms with Crippen molar-refractivity contribution in [2.45, 2.75) is 33.4 Å². The number of aromatic amines is 2. The first kappa shape index (κ1) is 15.5. The lowest BCUT2D eigenvalue weighted by atomic mass is 10.1. The van der Waals surface area contributed by atoms with Crippen LogP contribution >= 0.6 is 12.2 Å². The second kappa shape index (κ2) is 6.37. The quantitative estimate of drug-likeness (QED) is 0.630. The first-order chi connectivity index (χ1) is 11.2. The van der Waals surface area contributed by atoms with Crippen LogP contribution in [0.4, 0.5) is 0 Å². The van der Waals surface area contributed by atoms with Gasteiger partial charge in [-0.05, 0) is 31.1 Å². The lowest BCUT2D eigenvalue weighted by molar-refractivity contribution is 0.0951. The summed E-state index contributed by atoms with van der Waals surface area (Å²) in [6.45, 7) is 5.14. The van der Waals surface area contributed by atoms with Crippen molar-refractivity contribution in [3.8, 4) is 0 Å². The number of aryl methyl sites for hydroxylation is 1. The predicted octanol–water partition coefficient (Wildman–Crippen LogP) is 2.93. The van der Waals surface area contributed by atoms with Crippen LogP contribution in [0.5, 0.6) is 0 Å². The highest BCUT2D eigenvalue weighted by molar-refractivity contribution is 7.71. The van der Waals surface area contributed by atoms with E-state index in [4.69, 9.17) is 12.2 Å². The van der Waals surface area contributed by atoms with Gasteiger partial charge < -0.3 is 14.9 Å². The standard InChI is InChI=1S/C16H19N5OS/c1-3-10-6-5-7-11-12(8-17-14(10)11)15(22)18-9-13-19-20-16(23)21(13)4-2/h5-8,17H,3-4,9H2,1-2H3,(H,18,22)(H,20,23). The zero-order chi connectivity index (χ0) is 16.4. The number of nitrogens with one attached hydrogen (secondary N) is 3. The molecule has 3 rings (SSSR count). The molecule has 7 heteroatoms. The summed E-state index contributed by atoms with van der Waals surface area (Å²) in [4.78, 5) is 15.7. The molecule has 2 aromatic heterocycles. The molecule has 0 aliphatic heterocycles. The number of H-pyrrole nitrogens is 2. The number of hydrogen-bond acceptors (Lipinski definition) is 3. The maximum absolute atomic E-state index is 12.5. The molecular formula is C16H19N5OS. The van der Waals surface area contributed by atoms with Crippen LogP contribution in [0.15, 0.2) is 24.4 Å². The average molecular weight is 329 g/mol. The topological polar surface area (TPSA) is 78.5 Å². The molecule has 3 N–H and O–H groups in total. The van der Waals surface area contributed by atoms with Crippen molar-refractivity contribution in [3.63, 3.8) is 0 Å². The molecule has 2 heterocycles. The average Bonchev–Trinajstić information content (AvgIpc) is 3.15. The van der Waals surface area contributed by atoms with Crippen LogP contribution < -0.4 is 5.32 Å². The highest BCUT2D eigenvalue weighted by Crippen LogP contribution is 2.22. The van der Waals surface area contributed by atoms with Gasteiger partial charge in [0, 0.05) is 23.6 Å². The number of aromatic nitrogens is 4. The largest absolute Gasteiger partial charge is 0.360 e.